The summed E-state index contributed by atoms with van der Waals surface area (Å²) in [4.78, 5) is 14.2. The molecule has 17 heavy (non-hydrogen) atoms. The highest BCUT2D eigenvalue weighted by molar-refractivity contribution is 5.80. The minimum absolute atomic E-state index is 0.0113. The summed E-state index contributed by atoms with van der Waals surface area (Å²) in [6.45, 7) is 5.16. The van der Waals surface area contributed by atoms with Gasteiger partial charge in [-0.15, -0.1) is 0 Å². The lowest BCUT2D eigenvalue weighted by molar-refractivity contribution is -0.133. The van der Waals surface area contributed by atoms with Crippen LogP contribution in [0, 0.1) is 0 Å². The van der Waals surface area contributed by atoms with E-state index in [0.717, 1.165) is 30.6 Å². The zero-order valence-electron chi connectivity index (χ0n) is 10.6. The fourth-order valence-corrected chi connectivity index (χ4v) is 2.54. The quantitative estimate of drug-likeness (QED) is 0.795. The average Bonchev–Trinajstić information content (AvgIpc) is 2.58. The van der Waals surface area contributed by atoms with Crippen LogP contribution in [0.4, 0.5) is 5.69 Å². The Balaban J connectivity index is 2.07. The van der Waals surface area contributed by atoms with Crippen LogP contribution in [0.2, 0.25) is 0 Å². The van der Waals surface area contributed by atoms with Gasteiger partial charge in [0.05, 0.1) is 6.42 Å². The molecule has 1 amide bonds. The maximum atomic E-state index is 12.2. The molecule has 0 atom stereocenters. The maximum Gasteiger partial charge on any atom is 0.227 e. The Bertz CT molecular complexity index is 426. The summed E-state index contributed by atoms with van der Waals surface area (Å²) in [6, 6.07) is 7.57. The summed E-state index contributed by atoms with van der Waals surface area (Å²) in [5.74, 6) is 0.207. The molecular weight excluding hydrogens is 212 g/mol. The van der Waals surface area contributed by atoms with E-state index in [4.69, 9.17) is 5.73 Å². The normalized spacial score (nSPS) is 18.4. The zero-order valence-corrected chi connectivity index (χ0v) is 10.6. The number of benzene rings is 1. The number of nitrogens with two attached hydrogens (primary N) is 1. The number of amides is 1. The van der Waals surface area contributed by atoms with Crippen molar-refractivity contribution in [3.05, 3.63) is 29.8 Å². The van der Waals surface area contributed by atoms with Gasteiger partial charge in [0.15, 0.2) is 0 Å². The minimum atomic E-state index is 0.0113. The predicted molar refractivity (Wildman–Crippen MR) is 69.6 cm³/mol. The lowest BCUT2D eigenvalue weighted by Gasteiger charge is -2.31. The monoisotopic (exact) mass is 232 g/mol. The number of nitrogen functional groups attached to an aromatic ring is 1. The molecule has 1 heterocycles. The van der Waals surface area contributed by atoms with E-state index < -0.39 is 0 Å². The molecular formula is C14H20N2O. The van der Waals surface area contributed by atoms with Crippen LogP contribution >= 0.6 is 0 Å². The molecule has 0 bridgehead atoms. The van der Waals surface area contributed by atoms with E-state index in [9.17, 15) is 4.79 Å². The highest BCUT2D eigenvalue weighted by Gasteiger charge is 2.34. The first-order chi connectivity index (χ1) is 7.99. The zero-order chi connectivity index (χ0) is 12.5. The van der Waals surface area contributed by atoms with Crippen LogP contribution in [0.5, 0.6) is 0 Å². The molecule has 0 radical (unpaired) electrons. The minimum Gasteiger partial charge on any atom is -0.399 e. The largest absolute Gasteiger partial charge is 0.399 e. The maximum absolute atomic E-state index is 12.2. The van der Waals surface area contributed by atoms with Crippen molar-refractivity contribution in [2.45, 2.75) is 38.6 Å². The van der Waals surface area contributed by atoms with E-state index in [2.05, 4.69) is 13.8 Å². The van der Waals surface area contributed by atoms with Gasteiger partial charge in [0.1, 0.15) is 0 Å². The van der Waals surface area contributed by atoms with Gasteiger partial charge in [0, 0.05) is 17.8 Å². The fourth-order valence-electron chi connectivity index (χ4n) is 2.54. The predicted octanol–water partition coefficient (Wildman–Crippen LogP) is 2.21. The smallest absolute Gasteiger partial charge is 0.227 e. The second-order valence-electron chi connectivity index (χ2n) is 5.38. The van der Waals surface area contributed by atoms with Crippen LogP contribution < -0.4 is 5.73 Å². The summed E-state index contributed by atoms with van der Waals surface area (Å²) >= 11 is 0. The summed E-state index contributed by atoms with van der Waals surface area (Å²) in [6.07, 6.45) is 2.65. The molecule has 1 aromatic carbocycles. The number of carbonyl (C=O) groups is 1. The molecule has 1 saturated heterocycles. The molecule has 0 spiro atoms. The van der Waals surface area contributed by atoms with Crippen LogP contribution in [0.1, 0.15) is 32.3 Å². The molecule has 3 nitrogen and oxygen atoms in total. The van der Waals surface area contributed by atoms with E-state index in [1.807, 2.05) is 29.2 Å². The van der Waals surface area contributed by atoms with Gasteiger partial charge in [0.2, 0.25) is 5.91 Å². The standard InChI is InChI=1S/C14H20N2O/c1-14(2)7-4-8-16(14)13(17)10-11-5-3-6-12(15)9-11/h3,5-6,9H,4,7-8,10,15H2,1-2H3. The number of likely N-dealkylation sites (tertiary alicyclic amines) is 1. The van der Waals surface area contributed by atoms with Crippen LogP contribution in [0.15, 0.2) is 24.3 Å². The number of rotatable bonds is 2. The highest BCUT2D eigenvalue weighted by atomic mass is 16.2. The van der Waals surface area contributed by atoms with E-state index in [-0.39, 0.29) is 11.4 Å². The first kappa shape index (κ1) is 12.0. The van der Waals surface area contributed by atoms with Crippen molar-refractivity contribution < 1.29 is 4.79 Å². The van der Waals surface area contributed by atoms with Crippen LogP contribution in [-0.2, 0) is 11.2 Å². The Morgan fingerprint density at radius 2 is 2.24 bits per heavy atom. The molecule has 2 N–H and O–H groups in total. The second kappa shape index (κ2) is 4.40. The Morgan fingerprint density at radius 3 is 2.82 bits per heavy atom. The van der Waals surface area contributed by atoms with E-state index in [1.165, 1.54) is 0 Å². The molecule has 0 unspecified atom stereocenters. The average molecular weight is 232 g/mol. The van der Waals surface area contributed by atoms with Gasteiger partial charge >= 0.3 is 0 Å². The number of nitrogens with zero attached hydrogens (tertiary/aromatic N) is 1. The van der Waals surface area contributed by atoms with Gasteiger partial charge in [-0.3, -0.25) is 4.79 Å². The Kier molecular flexibility index (Phi) is 3.09. The first-order valence-electron chi connectivity index (χ1n) is 6.14. The third kappa shape index (κ3) is 2.60. The topological polar surface area (TPSA) is 46.3 Å². The summed E-state index contributed by atoms with van der Waals surface area (Å²) in [5, 5.41) is 0. The van der Waals surface area contributed by atoms with Crippen LogP contribution in [-0.4, -0.2) is 22.9 Å². The van der Waals surface area contributed by atoms with Crippen molar-refractivity contribution in [1.82, 2.24) is 4.90 Å². The van der Waals surface area contributed by atoms with Gasteiger partial charge < -0.3 is 10.6 Å². The molecule has 0 aliphatic carbocycles. The molecule has 1 fully saturated rings. The SMILES string of the molecule is CC1(C)CCCN1C(=O)Cc1cccc(N)c1. The van der Waals surface area contributed by atoms with E-state index in [0.29, 0.717) is 6.42 Å². The summed E-state index contributed by atoms with van der Waals surface area (Å²) in [5.41, 5.74) is 7.44. The van der Waals surface area contributed by atoms with Crippen molar-refractivity contribution in [3.63, 3.8) is 0 Å². The van der Waals surface area contributed by atoms with E-state index >= 15 is 0 Å². The number of carbonyl (C=O) groups excluding carboxylic acids is 1. The van der Waals surface area contributed by atoms with Crippen LogP contribution in [0.25, 0.3) is 0 Å². The van der Waals surface area contributed by atoms with Gasteiger partial charge in [-0.25, -0.2) is 0 Å². The molecule has 2 rings (SSSR count). The summed E-state index contributed by atoms with van der Waals surface area (Å²) in [7, 11) is 0. The Labute approximate surface area is 103 Å². The van der Waals surface area contributed by atoms with Gasteiger partial charge in [-0.2, -0.15) is 0 Å². The molecule has 0 saturated carbocycles. The van der Waals surface area contributed by atoms with Crippen molar-refractivity contribution in [2.75, 3.05) is 12.3 Å². The highest BCUT2D eigenvalue weighted by Crippen LogP contribution is 2.28. The van der Waals surface area contributed by atoms with E-state index in [1.54, 1.807) is 0 Å². The Morgan fingerprint density at radius 1 is 1.47 bits per heavy atom. The molecule has 92 valence electrons. The molecule has 1 aromatic rings. The third-order valence-electron chi connectivity index (χ3n) is 3.51. The second-order valence-corrected chi connectivity index (χ2v) is 5.38. The van der Waals surface area contributed by atoms with Crippen LogP contribution in [0.3, 0.4) is 0 Å². The molecule has 1 aliphatic heterocycles. The molecule has 3 heteroatoms. The number of anilines is 1. The van der Waals surface area contributed by atoms with Gasteiger partial charge in [0.25, 0.3) is 0 Å². The van der Waals surface area contributed by atoms with Gasteiger partial charge in [-0.05, 0) is 44.4 Å². The number of hydrogen-bond acceptors (Lipinski definition) is 2. The lowest BCUT2D eigenvalue weighted by Crippen LogP contribution is -2.43. The molecule has 1 aliphatic rings. The van der Waals surface area contributed by atoms with Crippen molar-refractivity contribution in [1.29, 1.82) is 0 Å². The van der Waals surface area contributed by atoms with Gasteiger partial charge in [-0.1, -0.05) is 12.1 Å². The lowest BCUT2D eigenvalue weighted by atomic mass is 10.0. The Hall–Kier alpha value is -1.51. The fraction of sp³-hybridized carbons (Fsp3) is 0.500. The third-order valence-corrected chi connectivity index (χ3v) is 3.51. The van der Waals surface area contributed by atoms with Crippen molar-refractivity contribution in [2.24, 2.45) is 0 Å². The first-order valence-corrected chi connectivity index (χ1v) is 6.14. The van der Waals surface area contributed by atoms with Crippen molar-refractivity contribution in [3.8, 4) is 0 Å². The summed E-state index contributed by atoms with van der Waals surface area (Å²) < 4.78 is 0. The molecule has 0 aromatic heterocycles. The van der Waals surface area contributed by atoms with Crippen molar-refractivity contribution >= 4 is 11.6 Å². The number of hydrogen-bond donors (Lipinski definition) is 1.